The maximum Gasteiger partial charge on any atom is 0.101 e. The van der Waals surface area contributed by atoms with E-state index in [1.807, 2.05) is 0 Å². The van der Waals surface area contributed by atoms with Gasteiger partial charge in [-0.25, -0.2) is 0 Å². The molecule has 0 bridgehead atoms. The second-order valence-corrected chi connectivity index (χ2v) is 3.98. The maximum atomic E-state index is 8.85. The van der Waals surface area contributed by atoms with Crippen LogP contribution in [0.3, 0.4) is 0 Å². The van der Waals surface area contributed by atoms with Gasteiger partial charge >= 0.3 is 0 Å². The highest BCUT2D eigenvalue weighted by atomic mass is 16.5. The molecule has 4 nitrogen and oxygen atoms in total. The molecule has 0 unspecified atom stereocenters. The Labute approximate surface area is 95.3 Å². The Hall–Kier alpha value is -1.60. The van der Waals surface area contributed by atoms with Crippen molar-refractivity contribution in [1.82, 2.24) is 4.98 Å². The minimum absolute atomic E-state index is 0.622. The van der Waals surface area contributed by atoms with E-state index in [2.05, 4.69) is 16.4 Å². The molecule has 1 heterocycles. The van der Waals surface area contributed by atoms with Gasteiger partial charge < -0.3 is 10.1 Å². The van der Waals surface area contributed by atoms with E-state index in [1.54, 1.807) is 18.5 Å². The van der Waals surface area contributed by atoms with Crippen LogP contribution in [0.2, 0.25) is 0 Å². The molecule has 1 aromatic rings. The Bertz CT molecular complexity index is 382. The summed E-state index contributed by atoms with van der Waals surface area (Å²) in [6.45, 7) is 2.27. The first-order valence-corrected chi connectivity index (χ1v) is 5.56. The lowest BCUT2D eigenvalue weighted by Gasteiger charge is -2.07. The average molecular weight is 217 g/mol. The van der Waals surface area contributed by atoms with Gasteiger partial charge in [0, 0.05) is 19.3 Å². The van der Waals surface area contributed by atoms with Gasteiger partial charge in [-0.15, -0.1) is 0 Å². The van der Waals surface area contributed by atoms with Gasteiger partial charge in [-0.2, -0.15) is 5.26 Å². The Balaban J connectivity index is 1.69. The second kappa shape index (κ2) is 5.47. The van der Waals surface area contributed by atoms with Crippen LogP contribution in [0.1, 0.15) is 18.4 Å². The summed E-state index contributed by atoms with van der Waals surface area (Å²) in [6, 6.07) is 3.82. The molecule has 0 spiro atoms. The number of pyridine rings is 1. The summed E-state index contributed by atoms with van der Waals surface area (Å²) in [5.41, 5.74) is 1.40. The number of rotatable bonds is 6. The van der Waals surface area contributed by atoms with E-state index in [1.165, 1.54) is 12.8 Å². The summed E-state index contributed by atoms with van der Waals surface area (Å²) >= 11 is 0. The Morgan fingerprint density at radius 3 is 3.19 bits per heavy atom. The highest BCUT2D eigenvalue weighted by Gasteiger charge is 2.20. The Kier molecular flexibility index (Phi) is 3.73. The summed E-state index contributed by atoms with van der Waals surface area (Å²) in [6.07, 6.45) is 5.91. The molecule has 16 heavy (non-hydrogen) atoms. The third-order valence-electron chi connectivity index (χ3n) is 2.55. The van der Waals surface area contributed by atoms with Crippen LogP contribution >= 0.6 is 0 Å². The minimum atomic E-state index is 0.622. The Morgan fingerprint density at radius 2 is 2.44 bits per heavy atom. The van der Waals surface area contributed by atoms with E-state index < -0.39 is 0 Å². The van der Waals surface area contributed by atoms with Crippen molar-refractivity contribution >= 4 is 5.69 Å². The predicted octanol–water partition coefficient (Wildman–Crippen LogP) is 1.79. The number of nitrogens with one attached hydrogen (secondary N) is 1. The fourth-order valence-electron chi connectivity index (χ4n) is 1.43. The van der Waals surface area contributed by atoms with Crippen LogP contribution in [0, 0.1) is 17.2 Å². The van der Waals surface area contributed by atoms with Crippen molar-refractivity contribution in [3.63, 3.8) is 0 Å². The number of aromatic nitrogens is 1. The van der Waals surface area contributed by atoms with Crippen LogP contribution in [0.5, 0.6) is 0 Å². The van der Waals surface area contributed by atoms with Gasteiger partial charge in [0.05, 0.1) is 24.1 Å². The predicted molar refractivity (Wildman–Crippen MR) is 61.0 cm³/mol. The molecule has 0 aliphatic heterocycles. The van der Waals surface area contributed by atoms with Gasteiger partial charge in [0.15, 0.2) is 0 Å². The normalized spacial score (nSPS) is 14.4. The van der Waals surface area contributed by atoms with Crippen LogP contribution < -0.4 is 5.32 Å². The first-order chi connectivity index (χ1) is 7.90. The summed E-state index contributed by atoms with van der Waals surface area (Å²) in [5.74, 6) is 0.799. The number of hydrogen-bond donors (Lipinski definition) is 1. The second-order valence-electron chi connectivity index (χ2n) is 3.98. The fraction of sp³-hybridized carbons (Fsp3) is 0.500. The summed E-state index contributed by atoms with van der Waals surface area (Å²) < 4.78 is 5.49. The number of anilines is 1. The first kappa shape index (κ1) is 10.9. The minimum Gasteiger partial charge on any atom is -0.380 e. The molecule has 1 aliphatic rings. The highest BCUT2D eigenvalue weighted by Crippen LogP contribution is 2.28. The summed E-state index contributed by atoms with van der Waals surface area (Å²) in [5, 5.41) is 12.0. The summed E-state index contributed by atoms with van der Waals surface area (Å²) in [4.78, 5) is 3.98. The third-order valence-corrected chi connectivity index (χ3v) is 2.55. The van der Waals surface area contributed by atoms with Gasteiger partial charge in [0.25, 0.3) is 0 Å². The van der Waals surface area contributed by atoms with Crippen LogP contribution in [-0.2, 0) is 4.74 Å². The van der Waals surface area contributed by atoms with Crippen LogP contribution in [0.15, 0.2) is 18.5 Å². The molecule has 0 radical (unpaired) electrons. The molecule has 1 aromatic heterocycles. The van der Waals surface area contributed by atoms with Crippen LogP contribution in [-0.4, -0.2) is 24.7 Å². The molecule has 1 aliphatic carbocycles. The van der Waals surface area contributed by atoms with Gasteiger partial charge in [0.2, 0.25) is 0 Å². The van der Waals surface area contributed by atoms with Gasteiger partial charge in [-0.05, 0) is 24.8 Å². The lowest BCUT2D eigenvalue weighted by Crippen LogP contribution is -2.11. The Morgan fingerprint density at radius 1 is 1.56 bits per heavy atom. The molecular weight excluding hydrogens is 202 g/mol. The first-order valence-electron chi connectivity index (χ1n) is 5.56. The average Bonchev–Trinajstić information content (AvgIpc) is 3.13. The maximum absolute atomic E-state index is 8.85. The molecule has 1 N–H and O–H groups in total. The molecule has 84 valence electrons. The summed E-state index contributed by atoms with van der Waals surface area (Å²) in [7, 11) is 0. The zero-order valence-corrected chi connectivity index (χ0v) is 9.15. The zero-order chi connectivity index (χ0) is 11.2. The SMILES string of the molecule is N#Cc1ccncc1NCCOCC1CC1. The van der Waals surface area contributed by atoms with E-state index in [0.717, 1.165) is 18.2 Å². The molecule has 0 saturated heterocycles. The fourth-order valence-corrected chi connectivity index (χ4v) is 1.43. The molecule has 0 aromatic carbocycles. The van der Waals surface area contributed by atoms with E-state index in [0.29, 0.717) is 18.7 Å². The van der Waals surface area contributed by atoms with Crippen molar-refractivity contribution in [3.8, 4) is 6.07 Å². The van der Waals surface area contributed by atoms with Gasteiger partial charge in [-0.1, -0.05) is 0 Å². The standard InChI is InChI=1S/C12H15N3O/c13-7-11-3-4-14-8-12(11)15-5-6-16-9-10-1-2-10/h3-4,8,10,15H,1-2,5-6,9H2. The third kappa shape index (κ3) is 3.21. The topological polar surface area (TPSA) is 57.9 Å². The van der Waals surface area contributed by atoms with Crippen molar-refractivity contribution < 1.29 is 4.74 Å². The van der Waals surface area contributed by atoms with Crippen molar-refractivity contribution in [3.05, 3.63) is 24.0 Å². The van der Waals surface area contributed by atoms with E-state index >= 15 is 0 Å². The van der Waals surface area contributed by atoms with Crippen LogP contribution in [0.25, 0.3) is 0 Å². The molecule has 0 amide bonds. The monoisotopic (exact) mass is 217 g/mol. The molecule has 4 heteroatoms. The van der Waals surface area contributed by atoms with Crippen molar-refractivity contribution in [2.75, 3.05) is 25.1 Å². The molecule has 0 atom stereocenters. The van der Waals surface area contributed by atoms with Gasteiger partial charge in [-0.3, -0.25) is 4.98 Å². The lowest BCUT2D eigenvalue weighted by atomic mass is 10.2. The largest absolute Gasteiger partial charge is 0.380 e. The van der Waals surface area contributed by atoms with Gasteiger partial charge in [0.1, 0.15) is 6.07 Å². The van der Waals surface area contributed by atoms with E-state index in [9.17, 15) is 0 Å². The number of nitriles is 1. The highest BCUT2D eigenvalue weighted by molar-refractivity contribution is 5.55. The smallest absolute Gasteiger partial charge is 0.101 e. The molecular formula is C12H15N3O. The quantitative estimate of drug-likeness (QED) is 0.738. The number of ether oxygens (including phenoxy) is 1. The lowest BCUT2D eigenvalue weighted by molar-refractivity contribution is 0.134. The zero-order valence-electron chi connectivity index (χ0n) is 9.15. The van der Waals surface area contributed by atoms with Crippen molar-refractivity contribution in [1.29, 1.82) is 5.26 Å². The number of hydrogen-bond acceptors (Lipinski definition) is 4. The van der Waals surface area contributed by atoms with E-state index in [-0.39, 0.29) is 0 Å². The van der Waals surface area contributed by atoms with Crippen molar-refractivity contribution in [2.45, 2.75) is 12.8 Å². The van der Waals surface area contributed by atoms with E-state index in [4.69, 9.17) is 10.00 Å². The number of nitrogens with zero attached hydrogens (tertiary/aromatic N) is 2. The molecule has 1 saturated carbocycles. The molecule has 1 fully saturated rings. The molecule has 2 rings (SSSR count). The van der Waals surface area contributed by atoms with Crippen LogP contribution in [0.4, 0.5) is 5.69 Å². The van der Waals surface area contributed by atoms with Crippen molar-refractivity contribution in [2.24, 2.45) is 5.92 Å².